The van der Waals surface area contributed by atoms with Gasteiger partial charge in [-0.2, -0.15) is 0 Å². The van der Waals surface area contributed by atoms with Crippen LogP contribution in [0.25, 0.3) is 0 Å². The first-order chi connectivity index (χ1) is 7.33. The van der Waals surface area contributed by atoms with E-state index in [0.717, 1.165) is 32.0 Å². The molecule has 1 N–H and O–H groups in total. The highest BCUT2D eigenvalue weighted by molar-refractivity contribution is 4.65. The lowest BCUT2D eigenvalue weighted by Gasteiger charge is -2.23. The van der Waals surface area contributed by atoms with Crippen LogP contribution in [0.15, 0.2) is 0 Å². The summed E-state index contributed by atoms with van der Waals surface area (Å²) in [6, 6.07) is 0. The van der Waals surface area contributed by atoms with E-state index in [1.165, 1.54) is 32.1 Å². The molecule has 0 aromatic heterocycles. The van der Waals surface area contributed by atoms with Crippen molar-refractivity contribution in [1.29, 1.82) is 0 Å². The predicted octanol–water partition coefficient (Wildman–Crippen LogP) is 2.97. The van der Waals surface area contributed by atoms with Gasteiger partial charge in [-0.05, 0) is 45.2 Å². The maximum absolute atomic E-state index is 5.89. The van der Waals surface area contributed by atoms with Crippen LogP contribution < -0.4 is 5.32 Å². The fourth-order valence-electron chi connectivity index (χ4n) is 2.22. The highest BCUT2D eigenvalue weighted by Crippen LogP contribution is 2.24. The second kappa shape index (κ2) is 8.12. The third kappa shape index (κ3) is 6.16. The van der Waals surface area contributed by atoms with Crippen molar-refractivity contribution in [3.05, 3.63) is 0 Å². The lowest BCUT2D eigenvalue weighted by atomic mass is 9.90. The number of nitrogens with one attached hydrogen (secondary N) is 1. The van der Waals surface area contributed by atoms with Crippen LogP contribution in [0.1, 0.15) is 52.4 Å². The summed E-state index contributed by atoms with van der Waals surface area (Å²) < 4.78 is 5.89. The zero-order valence-electron chi connectivity index (χ0n) is 10.4. The Labute approximate surface area is 94.8 Å². The first-order valence-corrected chi connectivity index (χ1v) is 6.65. The van der Waals surface area contributed by atoms with Gasteiger partial charge in [-0.15, -0.1) is 0 Å². The molecule has 1 fully saturated rings. The molecule has 0 aliphatic heterocycles. The van der Waals surface area contributed by atoms with Gasteiger partial charge in [-0.1, -0.05) is 26.2 Å². The average Bonchev–Trinajstić information content (AvgIpc) is 2.28. The van der Waals surface area contributed by atoms with E-state index in [-0.39, 0.29) is 0 Å². The van der Waals surface area contributed by atoms with Crippen LogP contribution in [0.2, 0.25) is 0 Å². The molecule has 1 saturated carbocycles. The van der Waals surface area contributed by atoms with Crippen LogP contribution in [-0.2, 0) is 4.74 Å². The average molecular weight is 213 g/mol. The van der Waals surface area contributed by atoms with Crippen molar-refractivity contribution >= 4 is 0 Å². The number of hydrogen-bond donors (Lipinski definition) is 1. The molecular formula is C13H27NO. The smallest absolute Gasteiger partial charge is 0.0559 e. The summed E-state index contributed by atoms with van der Waals surface area (Å²) in [6.45, 7) is 7.48. The van der Waals surface area contributed by atoms with Crippen molar-refractivity contribution in [1.82, 2.24) is 5.32 Å². The van der Waals surface area contributed by atoms with E-state index in [4.69, 9.17) is 4.74 Å². The van der Waals surface area contributed by atoms with Gasteiger partial charge in [0.05, 0.1) is 6.10 Å². The van der Waals surface area contributed by atoms with Gasteiger partial charge >= 0.3 is 0 Å². The van der Waals surface area contributed by atoms with E-state index in [1.807, 2.05) is 0 Å². The Kier molecular flexibility index (Phi) is 7.03. The molecular weight excluding hydrogens is 186 g/mol. The van der Waals surface area contributed by atoms with Gasteiger partial charge in [0.25, 0.3) is 0 Å². The van der Waals surface area contributed by atoms with Crippen molar-refractivity contribution in [2.45, 2.75) is 58.5 Å². The Bertz CT molecular complexity index is 143. The summed E-state index contributed by atoms with van der Waals surface area (Å²) in [5.41, 5.74) is 0. The second-order valence-electron chi connectivity index (χ2n) is 4.79. The van der Waals surface area contributed by atoms with E-state index < -0.39 is 0 Å². The van der Waals surface area contributed by atoms with Gasteiger partial charge in [0.2, 0.25) is 0 Å². The Morgan fingerprint density at radius 3 is 2.67 bits per heavy atom. The molecule has 2 heteroatoms. The molecule has 0 heterocycles. The topological polar surface area (TPSA) is 21.3 Å². The molecule has 15 heavy (non-hydrogen) atoms. The minimum absolute atomic E-state index is 0.422. The molecule has 2 nitrogen and oxygen atoms in total. The Hall–Kier alpha value is -0.0800. The highest BCUT2D eigenvalue weighted by atomic mass is 16.5. The molecule has 1 aliphatic carbocycles. The summed E-state index contributed by atoms with van der Waals surface area (Å²) >= 11 is 0. The van der Waals surface area contributed by atoms with Gasteiger partial charge < -0.3 is 10.1 Å². The fraction of sp³-hybridized carbons (Fsp3) is 1.00. The Balaban J connectivity index is 1.97. The molecule has 1 rings (SSSR count). The monoisotopic (exact) mass is 213 g/mol. The van der Waals surface area contributed by atoms with Crippen LogP contribution in [0.4, 0.5) is 0 Å². The molecule has 90 valence electrons. The molecule has 0 aromatic rings. The van der Waals surface area contributed by atoms with Crippen LogP contribution in [-0.4, -0.2) is 25.8 Å². The van der Waals surface area contributed by atoms with Gasteiger partial charge in [-0.3, -0.25) is 0 Å². The van der Waals surface area contributed by atoms with Crippen LogP contribution in [0.5, 0.6) is 0 Å². The van der Waals surface area contributed by atoms with Crippen LogP contribution in [0, 0.1) is 5.92 Å². The maximum Gasteiger partial charge on any atom is 0.0559 e. The molecule has 1 unspecified atom stereocenters. The van der Waals surface area contributed by atoms with E-state index in [1.54, 1.807) is 0 Å². The first-order valence-electron chi connectivity index (χ1n) is 6.65. The molecule has 0 saturated heterocycles. The van der Waals surface area contributed by atoms with E-state index >= 15 is 0 Å². The van der Waals surface area contributed by atoms with Crippen LogP contribution >= 0.6 is 0 Å². The van der Waals surface area contributed by atoms with Gasteiger partial charge in [0.15, 0.2) is 0 Å². The quantitative estimate of drug-likeness (QED) is 0.656. The second-order valence-corrected chi connectivity index (χ2v) is 4.79. The van der Waals surface area contributed by atoms with Gasteiger partial charge in [0.1, 0.15) is 0 Å². The third-order valence-electron chi connectivity index (χ3n) is 3.32. The maximum atomic E-state index is 5.89. The summed E-state index contributed by atoms with van der Waals surface area (Å²) in [4.78, 5) is 0. The van der Waals surface area contributed by atoms with E-state index in [9.17, 15) is 0 Å². The lowest BCUT2D eigenvalue weighted by molar-refractivity contribution is 0.0270. The number of hydrogen-bond acceptors (Lipinski definition) is 2. The zero-order chi connectivity index (χ0) is 10.9. The molecule has 1 atom stereocenters. The van der Waals surface area contributed by atoms with Gasteiger partial charge in [-0.25, -0.2) is 0 Å². The number of rotatable bonds is 7. The first kappa shape index (κ1) is 13.0. The molecule has 0 bridgehead atoms. The largest absolute Gasteiger partial charge is 0.378 e. The fourth-order valence-corrected chi connectivity index (χ4v) is 2.22. The SMILES string of the molecule is CCNCCC(C)OCC1CCCCC1. The number of ether oxygens (including phenoxy) is 1. The minimum atomic E-state index is 0.422. The summed E-state index contributed by atoms with van der Waals surface area (Å²) in [5.74, 6) is 0.848. The molecule has 1 aliphatic rings. The van der Waals surface area contributed by atoms with Gasteiger partial charge in [0, 0.05) is 6.61 Å². The van der Waals surface area contributed by atoms with Crippen LogP contribution in [0.3, 0.4) is 0 Å². The zero-order valence-corrected chi connectivity index (χ0v) is 10.4. The molecule has 0 aromatic carbocycles. The minimum Gasteiger partial charge on any atom is -0.378 e. The lowest BCUT2D eigenvalue weighted by Crippen LogP contribution is -2.23. The molecule has 0 amide bonds. The Morgan fingerprint density at radius 2 is 2.00 bits per heavy atom. The standard InChI is InChI=1S/C13H27NO/c1-3-14-10-9-12(2)15-11-13-7-5-4-6-8-13/h12-14H,3-11H2,1-2H3. The Morgan fingerprint density at radius 1 is 1.27 bits per heavy atom. The third-order valence-corrected chi connectivity index (χ3v) is 3.32. The normalized spacial score (nSPS) is 20.4. The van der Waals surface area contributed by atoms with Crippen molar-refractivity contribution < 1.29 is 4.74 Å². The summed E-state index contributed by atoms with van der Waals surface area (Å²) in [6.07, 6.45) is 8.61. The molecule has 0 radical (unpaired) electrons. The molecule has 0 spiro atoms. The highest BCUT2D eigenvalue weighted by Gasteiger charge is 2.14. The van der Waals surface area contributed by atoms with Crippen molar-refractivity contribution in [2.75, 3.05) is 19.7 Å². The van der Waals surface area contributed by atoms with Crippen molar-refractivity contribution in [3.63, 3.8) is 0 Å². The van der Waals surface area contributed by atoms with E-state index in [0.29, 0.717) is 6.10 Å². The summed E-state index contributed by atoms with van der Waals surface area (Å²) in [7, 11) is 0. The summed E-state index contributed by atoms with van der Waals surface area (Å²) in [5, 5.41) is 3.34. The van der Waals surface area contributed by atoms with Crippen molar-refractivity contribution in [2.24, 2.45) is 5.92 Å². The predicted molar refractivity (Wildman–Crippen MR) is 65.1 cm³/mol. The van der Waals surface area contributed by atoms with Crippen molar-refractivity contribution in [3.8, 4) is 0 Å². The van der Waals surface area contributed by atoms with E-state index in [2.05, 4.69) is 19.2 Å².